The molecule has 0 aromatic carbocycles. The van der Waals surface area contributed by atoms with Crippen molar-refractivity contribution in [1.29, 1.82) is 0 Å². The molecule has 0 radical (unpaired) electrons. The molecule has 7 saturated heterocycles. The highest BCUT2D eigenvalue weighted by Crippen LogP contribution is 2.76. The Morgan fingerprint density at radius 3 is 1.74 bits per heavy atom. The van der Waals surface area contributed by atoms with E-state index in [1.165, 1.54) is 25.3 Å². The van der Waals surface area contributed by atoms with E-state index in [1.54, 1.807) is 6.26 Å². The standard InChI is InChI=1S/C84H136O40S/c1-12-125(11,108)25-13-14-34(2)70(106)109-32-44-56(97)59(100)68(123-76-69(122-74-62(103)57(98)54(95)43(28-85)116-74)63(104)65(35(3)114-76)120-72-64(105)66(41(89)31-111-72)121-71-60(101)51(92)39(87)29-110-71)77(118-44)124-78(107)84-24-23-79(4,5)26-37(84)36-15-18-47-81(8)21-20-49(80(6,7)46(81)19-22-82(47,9)83(36,10)27-48(84)90)119-73-61(102)58(99)55(96)45(117-73)33-113-75-67(52(93)40(88)30-112-75)115-42-17-16-38(86)50(91)53(42)94/h12,14-15,35,37-69,71-77,85-105,108H,1,13,16-33H2,2-11H3/b34-14+/t35-,37+,38+,39+,40-,41+,42+,43+,44+,45+,46+,47+,48+,49-,50-,51-,52-,53-,54-,55+,56+,57-,58-,59-,60+,61+,62+,63+,64+,65-,66-,67+,68+,69+,71-,72-,73-,74-,75-,76-,77-,81-,82+,83+,84+/m0/s1. The van der Waals surface area contributed by atoms with Crippen LogP contribution in [0.4, 0.5) is 0 Å². The smallest absolute Gasteiger partial charge is 0.333 e. The lowest BCUT2D eigenvalue weighted by molar-refractivity contribution is -0.401. The minimum Gasteiger partial charge on any atom is -0.459 e. The van der Waals surface area contributed by atoms with Gasteiger partial charge >= 0.3 is 11.9 Å². The number of rotatable bonds is 25. The summed E-state index contributed by atoms with van der Waals surface area (Å²) in [7, 11) is -2.20. The Labute approximate surface area is 726 Å². The van der Waals surface area contributed by atoms with Gasteiger partial charge in [0, 0.05) is 11.3 Å². The van der Waals surface area contributed by atoms with Gasteiger partial charge in [-0.15, -0.1) is 10.3 Å². The van der Waals surface area contributed by atoms with E-state index in [4.69, 9.17) is 75.8 Å². The van der Waals surface area contributed by atoms with Crippen LogP contribution in [0.25, 0.3) is 0 Å². The lowest BCUT2D eigenvalue weighted by Crippen LogP contribution is -2.69. The highest BCUT2D eigenvalue weighted by atomic mass is 32.3. The predicted octanol–water partition coefficient (Wildman–Crippen LogP) is -4.44. The van der Waals surface area contributed by atoms with Gasteiger partial charge in [0.15, 0.2) is 43.8 Å². The fourth-order valence-corrected chi connectivity index (χ4v) is 23.4. The van der Waals surface area contributed by atoms with Crippen molar-refractivity contribution in [2.75, 3.05) is 51.6 Å². The summed E-state index contributed by atoms with van der Waals surface area (Å²) < 4.78 is 108. The fraction of sp³-hybridized carbons (Fsp3) is 0.905. The van der Waals surface area contributed by atoms with E-state index in [2.05, 4.69) is 61.1 Å². The molecule has 1 unspecified atom stereocenters. The minimum absolute atomic E-state index is 0.0343. The zero-order valence-corrected chi connectivity index (χ0v) is 73.0. The largest absolute Gasteiger partial charge is 0.459 e. The Kier molecular flexibility index (Phi) is 30.9. The lowest BCUT2D eigenvalue weighted by Gasteiger charge is -2.71. The average molecular weight is 1820 g/mol. The Morgan fingerprint density at radius 1 is 0.512 bits per heavy atom. The summed E-state index contributed by atoms with van der Waals surface area (Å²) in [6.07, 6.45) is -56.3. The number of aliphatic hydroxyl groups excluding tert-OH is 21. The SMILES string of the molecule is C=CS(C)(O)CC/C=C(\C)C(=O)OC[C@H]1O[C@@H](OC(=O)[C@]23CCC(C)(C)C[C@@H]2C2=CC[C@@H]4[C@@]5(C)CC[C@H](O[C@@H]6O[C@H](CO[C@@H]7OC[C@H](O)[C@H](O)[C@H]7O[C@@H]7CC[C@@H](O)[C@H](O)[C@H]7O)[C@@H](O)[C@H](O)[C@H]6O)C(C)(C)[C@H]5CC[C@@]4(C)[C@]2(C)C[C@H]3O)[C@H](O[C@@H]2O[C@@H](C)[C@H](O[C@@H]3OC[C@@H](O)[C@H](O[C@@H]4OC[C@@H](O)[C@H](O)[C@H]4O)[C@H]3O)[C@@H](O)[C@H]2O[C@@H]2O[C@H](CO)[C@H](O)[C@H](O)[C@H]2O)[C@@H](O)[C@@H]1O. The summed E-state index contributed by atoms with van der Waals surface area (Å²) in [4.78, 5) is 30.2. The van der Waals surface area contributed by atoms with Crippen molar-refractivity contribution in [3.05, 3.63) is 35.3 Å². The van der Waals surface area contributed by atoms with Crippen LogP contribution in [0.2, 0.25) is 0 Å². The normalized spacial score (nSPS) is 51.4. The molecule has 41 heteroatoms. The summed E-state index contributed by atoms with van der Waals surface area (Å²) in [6, 6.07) is 0. The van der Waals surface area contributed by atoms with Crippen LogP contribution in [0.1, 0.15) is 139 Å². The fourth-order valence-electron chi connectivity index (χ4n) is 22.6. The number of carbonyl (C=O) groups is 2. The maximum atomic E-state index is 16.4. The van der Waals surface area contributed by atoms with Gasteiger partial charge in [0.05, 0.1) is 63.6 Å². The molecule has 22 N–H and O–H groups in total. The number of carbonyl (C=O) groups excluding carboxylic acids is 2. The lowest BCUT2D eigenvalue weighted by atomic mass is 9.33. The third-order valence-electron chi connectivity index (χ3n) is 30.6. The summed E-state index contributed by atoms with van der Waals surface area (Å²) in [5, 5.41) is 238. The van der Waals surface area contributed by atoms with Gasteiger partial charge in [-0.25, -0.2) is 4.79 Å². The highest BCUT2D eigenvalue weighted by molar-refractivity contribution is 8.30. The number of esters is 2. The average Bonchev–Trinajstić information content (AvgIpc) is 0.669. The molecular weight excluding hydrogens is 1680 g/mol. The maximum Gasteiger partial charge on any atom is 0.333 e. The van der Waals surface area contributed by atoms with Crippen molar-refractivity contribution in [3.63, 3.8) is 0 Å². The molecule has 0 aromatic heterocycles. The highest BCUT2D eigenvalue weighted by Gasteiger charge is 2.73. The number of allylic oxidation sites excluding steroid dienone is 3. The van der Waals surface area contributed by atoms with Crippen LogP contribution in [-0.2, 0) is 85.4 Å². The van der Waals surface area contributed by atoms with E-state index in [9.17, 15) is 117 Å². The van der Waals surface area contributed by atoms with Gasteiger partial charge < -0.3 is 188 Å². The summed E-state index contributed by atoms with van der Waals surface area (Å²) in [6.45, 7) is 17.6. The van der Waals surface area contributed by atoms with Crippen LogP contribution < -0.4 is 0 Å². The first kappa shape index (κ1) is 99.5. The number of hydrogen-bond donors (Lipinski definition) is 22. The summed E-state index contributed by atoms with van der Waals surface area (Å²) in [5.74, 6) is -2.53. The van der Waals surface area contributed by atoms with Crippen molar-refractivity contribution in [1.82, 2.24) is 0 Å². The van der Waals surface area contributed by atoms with Crippen molar-refractivity contribution >= 4 is 22.2 Å². The summed E-state index contributed by atoms with van der Waals surface area (Å²) >= 11 is 0. The molecule has 0 bridgehead atoms. The molecule has 718 valence electrons. The monoisotopic (exact) mass is 1820 g/mol. The van der Waals surface area contributed by atoms with Crippen LogP contribution in [0.15, 0.2) is 35.3 Å². The molecule has 6 aliphatic carbocycles. The van der Waals surface area contributed by atoms with Crippen molar-refractivity contribution in [3.8, 4) is 0 Å². The quantitative estimate of drug-likeness (QED) is 0.0177. The van der Waals surface area contributed by atoms with Crippen molar-refractivity contribution in [2.24, 2.45) is 50.2 Å². The molecule has 12 fully saturated rings. The maximum absolute atomic E-state index is 16.4. The molecule has 0 spiro atoms. The van der Waals surface area contributed by atoms with Crippen LogP contribution in [0.3, 0.4) is 0 Å². The molecule has 7 aliphatic heterocycles. The zero-order valence-electron chi connectivity index (χ0n) is 72.1. The van der Waals surface area contributed by atoms with E-state index >= 15 is 4.79 Å². The molecule has 0 aromatic rings. The third kappa shape index (κ3) is 19.1. The van der Waals surface area contributed by atoms with E-state index in [1.807, 2.05) is 0 Å². The second-order valence-electron chi connectivity index (χ2n) is 39.3. The van der Waals surface area contributed by atoms with Gasteiger partial charge in [-0.05, 0) is 147 Å². The van der Waals surface area contributed by atoms with Crippen molar-refractivity contribution < 1.29 is 197 Å². The third-order valence-corrected chi connectivity index (χ3v) is 32.4. The summed E-state index contributed by atoms with van der Waals surface area (Å²) in [5.41, 5.74) is -3.74. The van der Waals surface area contributed by atoms with Gasteiger partial charge in [-0.1, -0.05) is 72.8 Å². The minimum atomic E-state index is -2.24. The molecule has 46 atom stereocenters. The van der Waals surface area contributed by atoms with Crippen LogP contribution in [-0.4, -0.2) is 409 Å². The van der Waals surface area contributed by atoms with Crippen LogP contribution >= 0.6 is 10.3 Å². The molecule has 5 saturated carbocycles. The first-order valence-electron chi connectivity index (χ1n) is 43.7. The second-order valence-corrected chi connectivity index (χ2v) is 42.3. The molecule has 13 rings (SSSR count). The predicted molar refractivity (Wildman–Crippen MR) is 426 cm³/mol. The van der Waals surface area contributed by atoms with Gasteiger partial charge in [0.2, 0.25) is 6.29 Å². The number of hydrogen-bond acceptors (Lipinski definition) is 40. The molecule has 0 amide bonds. The Balaban J connectivity index is 0.762. The topological polar surface area (TPSA) is 627 Å². The van der Waals surface area contributed by atoms with Crippen LogP contribution in [0.5, 0.6) is 0 Å². The van der Waals surface area contributed by atoms with E-state index < -0.39 is 334 Å². The first-order valence-corrected chi connectivity index (χ1v) is 45.9. The number of fused-ring (bicyclic) bond motifs is 7. The van der Waals surface area contributed by atoms with E-state index in [0.29, 0.717) is 44.9 Å². The van der Waals surface area contributed by atoms with Crippen LogP contribution in [0, 0.1) is 50.2 Å². The Hall–Kier alpha value is -2.93. The van der Waals surface area contributed by atoms with Gasteiger partial charge in [0.1, 0.15) is 165 Å². The molecule has 125 heavy (non-hydrogen) atoms. The van der Waals surface area contributed by atoms with Gasteiger partial charge in [-0.2, -0.15) is 0 Å². The van der Waals surface area contributed by atoms with Gasteiger partial charge in [0.25, 0.3) is 0 Å². The molecular formula is C84H136O40S. The Morgan fingerprint density at radius 2 is 1.06 bits per heavy atom. The molecule has 7 heterocycles. The first-order chi connectivity index (χ1) is 58.6. The van der Waals surface area contributed by atoms with Gasteiger partial charge in [-0.3, -0.25) is 4.79 Å². The molecule has 13 aliphatic rings. The van der Waals surface area contributed by atoms with Crippen molar-refractivity contribution in [2.45, 2.75) is 373 Å². The Bertz CT molecular complexity index is 3710. The van der Waals surface area contributed by atoms with E-state index in [-0.39, 0.29) is 55.3 Å². The van der Waals surface area contributed by atoms with E-state index in [0.717, 1.165) is 5.57 Å². The number of aliphatic hydroxyl groups is 21. The zero-order chi connectivity index (χ0) is 91.4. The second kappa shape index (κ2) is 38.8. The number of ether oxygens (including phenoxy) is 16. The molecule has 40 nitrogen and oxygen atoms in total.